The van der Waals surface area contributed by atoms with E-state index in [2.05, 4.69) is 31.7 Å². The first-order valence-electron chi connectivity index (χ1n) is 7.25. The molecule has 0 unspecified atom stereocenters. The molecule has 0 saturated carbocycles. The number of rotatable bonds is 7. The summed E-state index contributed by atoms with van der Waals surface area (Å²) in [6, 6.07) is 9.82. The summed E-state index contributed by atoms with van der Waals surface area (Å²) in [5, 5.41) is 17.3. The van der Waals surface area contributed by atoms with E-state index in [1.54, 1.807) is 23.7 Å². The molecule has 0 fully saturated rings. The number of aliphatic hydroxyl groups is 1. The smallest absolute Gasteiger partial charge is 0.225 e. The molecule has 118 valence electrons. The summed E-state index contributed by atoms with van der Waals surface area (Å²) in [5.41, 5.74) is 1.77. The zero-order valence-corrected chi connectivity index (χ0v) is 13.3. The maximum atomic E-state index is 8.97. The molecule has 0 aliphatic carbocycles. The largest absolute Gasteiger partial charge is 0.395 e. The van der Waals surface area contributed by atoms with E-state index in [0.717, 1.165) is 17.1 Å². The molecule has 3 heterocycles. The van der Waals surface area contributed by atoms with Crippen molar-refractivity contribution in [1.82, 2.24) is 15.0 Å². The zero-order valence-electron chi connectivity index (χ0n) is 12.4. The second kappa shape index (κ2) is 7.66. The highest BCUT2D eigenvalue weighted by atomic mass is 32.1. The second-order valence-corrected chi connectivity index (χ2v) is 5.81. The Morgan fingerprint density at radius 2 is 1.96 bits per heavy atom. The first kappa shape index (κ1) is 15.4. The normalized spacial score (nSPS) is 10.5. The highest BCUT2D eigenvalue weighted by molar-refractivity contribution is 7.09. The van der Waals surface area contributed by atoms with Gasteiger partial charge in [-0.3, -0.25) is 4.98 Å². The Bertz CT molecular complexity index is 733. The Balaban J connectivity index is 1.84. The highest BCUT2D eigenvalue weighted by Crippen LogP contribution is 2.21. The summed E-state index contributed by atoms with van der Waals surface area (Å²) < 4.78 is 0. The van der Waals surface area contributed by atoms with Crippen LogP contribution in [0.2, 0.25) is 0 Å². The van der Waals surface area contributed by atoms with Crippen molar-refractivity contribution in [2.24, 2.45) is 0 Å². The van der Waals surface area contributed by atoms with E-state index in [1.807, 2.05) is 29.6 Å². The number of aromatic nitrogens is 3. The molecule has 0 spiro atoms. The highest BCUT2D eigenvalue weighted by Gasteiger charge is 2.07. The van der Waals surface area contributed by atoms with Crippen LogP contribution >= 0.6 is 11.3 Å². The third kappa shape index (κ3) is 4.24. The summed E-state index contributed by atoms with van der Waals surface area (Å²) in [4.78, 5) is 14.2. The molecule has 0 atom stereocenters. The van der Waals surface area contributed by atoms with Gasteiger partial charge in [0.1, 0.15) is 5.82 Å². The average Bonchev–Trinajstić information content (AvgIpc) is 3.12. The third-order valence-electron chi connectivity index (χ3n) is 3.12. The van der Waals surface area contributed by atoms with Crippen LogP contribution in [0.15, 0.2) is 48.1 Å². The maximum Gasteiger partial charge on any atom is 0.225 e. The van der Waals surface area contributed by atoms with E-state index in [0.29, 0.717) is 19.0 Å². The second-order valence-electron chi connectivity index (χ2n) is 4.78. The minimum atomic E-state index is 0.0286. The van der Waals surface area contributed by atoms with Gasteiger partial charge in [-0.25, -0.2) is 4.98 Å². The Hall–Kier alpha value is -2.51. The average molecular weight is 327 g/mol. The lowest BCUT2D eigenvalue weighted by Crippen LogP contribution is -2.10. The molecule has 3 aromatic heterocycles. The molecule has 0 aliphatic rings. The number of anilines is 2. The van der Waals surface area contributed by atoms with E-state index >= 15 is 0 Å². The van der Waals surface area contributed by atoms with Gasteiger partial charge < -0.3 is 15.7 Å². The summed E-state index contributed by atoms with van der Waals surface area (Å²) in [5.74, 6) is 1.22. The van der Waals surface area contributed by atoms with Gasteiger partial charge in [0, 0.05) is 35.4 Å². The quantitative estimate of drug-likeness (QED) is 0.619. The molecule has 3 N–H and O–H groups in total. The fourth-order valence-electron chi connectivity index (χ4n) is 2.05. The fraction of sp³-hybridized carbons (Fsp3) is 0.188. The first-order valence-corrected chi connectivity index (χ1v) is 8.13. The minimum absolute atomic E-state index is 0.0286. The number of nitrogens with one attached hydrogen (secondary N) is 2. The molecule has 3 rings (SSSR count). The van der Waals surface area contributed by atoms with Crippen LogP contribution in [-0.4, -0.2) is 33.2 Å². The van der Waals surface area contributed by atoms with Crippen molar-refractivity contribution < 1.29 is 5.11 Å². The van der Waals surface area contributed by atoms with Crippen molar-refractivity contribution in [3.05, 3.63) is 53.0 Å². The molecule has 23 heavy (non-hydrogen) atoms. The van der Waals surface area contributed by atoms with E-state index in [1.165, 1.54) is 4.88 Å². The number of nitrogens with zero attached hydrogens (tertiary/aromatic N) is 3. The van der Waals surface area contributed by atoms with Gasteiger partial charge in [-0.2, -0.15) is 4.98 Å². The predicted molar refractivity (Wildman–Crippen MR) is 92.5 cm³/mol. The molecule has 3 aromatic rings. The minimum Gasteiger partial charge on any atom is -0.395 e. The molecule has 0 aromatic carbocycles. The molecule has 0 amide bonds. The van der Waals surface area contributed by atoms with Crippen molar-refractivity contribution in [2.75, 3.05) is 23.8 Å². The van der Waals surface area contributed by atoms with Gasteiger partial charge in [0.15, 0.2) is 0 Å². The van der Waals surface area contributed by atoms with Gasteiger partial charge >= 0.3 is 0 Å². The van der Waals surface area contributed by atoms with Crippen molar-refractivity contribution in [3.63, 3.8) is 0 Å². The SMILES string of the molecule is OCCNc1nc(NCc2cccs2)cc(-c2ccncc2)n1. The van der Waals surface area contributed by atoms with E-state index in [-0.39, 0.29) is 6.61 Å². The first-order chi connectivity index (χ1) is 11.3. The monoisotopic (exact) mass is 327 g/mol. The predicted octanol–water partition coefficient (Wildman–Crippen LogP) is 2.62. The van der Waals surface area contributed by atoms with Crippen molar-refractivity contribution in [1.29, 1.82) is 0 Å². The molecular formula is C16H17N5OS. The van der Waals surface area contributed by atoms with E-state index < -0.39 is 0 Å². The van der Waals surface area contributed by atoms with Crippen LogP contribution in [0.1, 0.15) is 4.88 Å². The molecular weight excluding hydrogens is 310 g/mol. The zero-order chi connectivity index (χ0) is 15.9. The van der Waals surface area contributed by atoms with Crippen LogP contribution < -0.4 is 10.6 Å². The molecule has 0 radical (unpaired) electrons. The molecule has 0 bridgehead atoms. The van der Waals surface area contributed by atoms with Crippen LogP contribution in [0.3, 0.4) is 0 Å². The van der Waals surface area contributed by atoms with E-state index in [9.17, 15) is 0 Å². The molecule has 0 aliphatic heterocycles. The van der Waals surface area contributed by atoms with Gasteiger partial charge in [-0.05, 0) is 23.6 Å². The lowest BCUT2D eigenvalue weighted by atomic mass is 10.2. The van der Waals surface area contributed by atoms with Gasteiger partial charge in [0.2, 0.25) is 5.95 Å². The van der Waals surface area contributed by atoms with Crippen LogP contribution in [0.5, 0.6) is 0 Å². The summed E-state index contributed by atoms with van der Waals surface area (Å²) in [6.07, 6.45) is 3.47. The number of hydrogen-bond acceptors (Lipinski definition) is 7. The van der Waals surface area contributed by atoms with E-state index in [4.69, 9.17) is 5.11 Å². The van der Waals surface area contributed by atoms with Crippen LogP contribution in [-0.2, 0) is 6.54 Å². The van der Waals surface area contributed by atoms with Crippen molar-refractivity contribution in [2.45, 2.75) is 6.54 Å². The van der Waals surface area contributed by atoms with Crippen LogP contribution in [0, 0.1) is 0 Å². The summed E-state index contributed by atoms with van der Waals surface area (Å²) >= 11 is 1.70. The Morgan fingerprint density at radius 1 is 1.09 bits per heavy atom. The lowest BCUT2D eigenvalue weighted by Gasteiger charge is -2.10. The van der Waals surface area contributed by atoms with Crippen molar-refractivity contribution >= 4 is 23.1 Å². The summed E-state index contributed by atoms with van der Waals surface area (Å²) in [7, 11) is 0. The third-order valence-corrected chi connectivity index (χ3v) is 4.00. The standard InChI is InChI=1S/C16H17N5OS/c22-8-7-18-16-20-14(12-3-5-17-6-4-12)10-15(21-16)19-11-13-2-1-9-23-13/h1-6,9-10,22H,7-8,11H2,(H2,18,19,20,21). The molecule has 0 saturated heterocycles. The maximum absolute atomic E-state index is 8.97. The van der Waals surface area contributed by atoms with Crippen LogP contribution in [0.4, 0.5) is 11.8 Å². The van der Waals surface area contributed by atoms with Crippen molar-refractivity contribution in [3.8, 4) is 11.3 Å². The molecule has 6 nitrogen and oxygen atoms in total. The summed E-state index contributed by atoms with van der Waals surface area (Å²) in [6.45, 7) is 1.15. The topological polar surface area (TPSA) is 83.0 Å². The van der Waals surface area contributed by atoms with Gasteiger partial charge in [-0.15, -0.1) is 11.3 Å². The van der Waals surface area contributed by atoms with Crippen LogP contribution in [0.25, 0.3) is 11.3 Å². The number of aliphatic hydroxyl groups excluding tert-OH is 1. The fourth-order valence-corrected chi connectivity index (χ4v) is 2.69. The Morgan fingerprint density at radius 3 is 2.70 bits per heavy atom. The molecule has 7 heteroatoms. The number of hydrogen-bond donors (Lipinski definition) is 3. The Kier molecular flexibility index (Phi) is 5.13. The number of thiophene rings is 1. The van der Waals surface area contributed by atoms with Gasteiger partial charge in [0.25, 0.3) is 0 Å². The Labute approximate surface area is 138 Å². The number of pyridine rings is 1. The van der Waals surface area contributed by atoms with Gasteiger partial charge in [-0.1, -0.05) is 6.07 Å². The lowest BCUT2D eigenvalue weighted by molar-refractivity contribution is 0.311. The van der Waals surface area contributed by atoms with Gasteiger partial charge in [0.05, 0.1) is 18.8 Å².